The fourth-order valence-corrected chi connectivity index (χ4v) is 2.53. The lowest BCUT2D eigenvalue weighted by molar-refractivity contribution is 1.10. The van der Waals surface area contributed by atoms with Gasteiger partial charge in [0.25, 0.3) is 0 Å². The van der Waals surface area contributed by atoms with Crippen LogP contribution in [0.5, 0.6) is 0 Å². The van der Waals surface area contributed by atoms with Crippen molar-refractivity contribution < 1.29 is 0 Å². The largest absolute Gasteiger partial charge is 0.259 e. The molecule has 0 saturated carbocycles. The van der Waals surface area contributed by atoms with E-state index in [9.17, 15) is 0 Å². The second-order valence-electron chi connectivity index (χ2n) is 4.90. The van der Waals surface area contributed by atoms with Gasteiger partial charge in [0.15, 0.2) is 11.6 Å². The molecule has 0 aliphatic carbocycles. The van der Waals surface area contributed by atoms with Crippen LogP contribution in [0.25, 0.3) is 33.5 Å². The highest BCUT2D eigenvalue weighted by Gasteiger charge is 2.09. The van der Waals surface area contributed by atoms with Crippen molar-refractivity contribution >= 4 is 10.8 Å². The van der Waals surface area contributed by atoms with Gasteiger partial charge in [-0.1, -0.05) is 72.8 Å². The summed E-state index contributed by atoms with van der Waals surface area (Å²) in [4.78, 5) is 4.63. The molecule has 0 spiro atoms. The molecule has 0 aliphatic rings. The molecule has 1 N–H and O–H groups in total. The number of hydrogen-bond acceptors (Lipinski definition) is 2. The molecular weight excluding hydrogens is 258 g/mol. The third-order valence-corrected chi connectivity index (χ3v) is 3.56. The maximum absolute atomic E-state index is 4.63. The van der Waals surface area contributed by atoms with Gasteiger partial charge in [-0.25, -0.2) is 4.98 Å². The first kappa shape index (κ1) is 11.9. The van der Waals surface area contributed by atoms with Crippen LogP contribution >= 0.6 is 0 Å². The number of H-pyrrole nitrogens is 1. The average Bonchev–Trinajstić information content (AvgIpc) is 3.05. The Hall–Kier alpha value is -2.94. The quantitative estimate of drug-likeness (QED) is 0.591. The molecule has 4 aromatic rings. The second-order valence-corrected chi connectivity index (χ2v) is 4.90. The molecular formula is C18H13N3. The van der Waals surface area contributed by atoms with Crippen molar-refractivity contribution in [3.63, 3.8) is 0 Å². The van der Waals surface area contributed by atoms with E-state index >= 15 is 0 Å². The van der Waals surface area contributed by atoms with Gasteiger partial charge < -0.3 is 0 Å². The molecule has 21 heavy (non-hydrogen) atoms. The third kappa shape index (κ3) is 2.09. The number of nitrogens with one attached hydrogen (secondary N) is 1. The van der Waals surface area contributed by atoms with Gasteiger partial charge in [0.1, 0.15) is 0 Å². The van der Waals surface area contributed by atoms with Crippen molar-refractivity contribution in [3.8, 4) is 22.8 Å². The first-order valence-corrected chi connectivity index (χ1v) is 6.88. The van der Waals surface area contributed by atoms with E-state index in [-0.39, 0.29) is 0 Å². The number of rotatable bonds is 2. The van der Waals surface area contributed by atoms with E-state index in [0.717, 1.165) is 22.8 Å². The smallest absolute Gasteiger partial charge is 0.181 e. The molecule has 3 aromatic carbocycles. The number of fused-ring (bicyclic) bond motifs is 1. The Morgan fingerprint density at radius 3 is 2.38 bits per heavy atom. The van der Waals surface area contributed by atoms with Gasteiger partial charge in [0.2, 0.25) is 0 Å². The van der Waals surface area contributed by atoms with Crippen LogP contribution in [0.2, 0.25) is 0 Å². The first-order chi connectivity index (χ1) is 10.4. The van der Waals surface area contributed by atoms with E-state index in [1.165, 1.54) is 10.8 Å². The van der Waals surface area contributed by atoms with Crippen LogP contribution in [0.3, 0.4) is 0 Å². The highest BCUT2D eigenvalue weighted by Crippen LogP contribution is 2.27. The predicted molar refractivity (Wildman–Crippen MR) is 84.8 cm³/mol. The summed E-state index contributed by atoms with van der Waals surface area (Å²) in [6.45, 7) is 0. The molecule has 0 aliphatic heterocycles. The fraction of sp³-hybridized carbons (Fsp3) is 0. The zero-order chi connectivity index (χ0) is 14.1. The molecule has 0 saturated heterocycles. The predicted octanol–water partition coefficient (Wildman–Crippen LogP) is 4.29. The van der Waals surface area contributed by atoms with Crippen molar-refractivity contribution in [1.82, 2.24) is 15.2 Å². The Morgan fingerprint density at radius 1 is 0.714 bits per heavy atom. The SMILES string of the molecule is c1ccc(-c2n[nH]c(-c3cccc4ccccc34)n2)cc1. The number of hydrogen-bond donors (Lipinski definition) is 1. The Labute approximate surface area is 122 Å². The minimum Gasteiger partial charge on any atom is -0.259 e. The van der Waals surface area contributed by atoms with Crippen molar-refractivity contribution in [2.75, 3.05) is 0 Å². The van der Waals surface area contributed by atoms with E-state index in [0.29, 0.717) is 0 Å². The normalized spacial score (nSPS) is 10.9. The fourth-order valence-electron chi connectivity index (χ4n) is 2.53. The average molecular weight is 271 g/mol. The third-order valence-electron chi connectivity index (χ3n) is 3.56. The summed E-state index contributed by atoms with van der Waals surface area (Å²) in [5.74, 6) is 1.52. The lowest BCUT2D eigenvalue weighted by atomic mass is 10.0. The molecule has 4 rings (SSSR count). The van der Waals surface area contributed by atoms with Gasteiger partial charge >= 0.3 is 0 Å². The van der Waals surface area contributed by atoms with E-state index in [1.54, 1.807) is 0 Å². The summed E-state index contributed by atoms with van der Waals surface area (Å²) in [5, 5.41) is 9.76. The van der Waals surface area contributed by atoms with Crippen LogP contribution in [-0.4, -0.2) is 15.2 Å². The van der Waals surface area contributed by atoms with Crippen LogP contribution in [0.4, 0.5) is 0 Å². The zero-order valence-electron chi connectivity index (χ0n) is 11.3. The van der Waals surface area contributed by atoms with Crippen LogP contribution < -0.4 is 0 Å². The van der Waals surface area contributed by atoms with Crippen molar-refractivity contribution in [2.24, 2.45) is 0 Å². The summed E-state index contributed by atoms with van der Waals surface area (Å²) >= 11 is 0. The van der Waals surface area contributed by atoms with Crippen LogP contribution in [0, 0.1) is 0 Å². The monoisotopic (exact) mass is 271 g/mol. The van der Waals surface area contributed by atoms with Crippen LogP contribution in [0.15, 0.2) is 72.8 Å². The molecule has 3 nitrogen and oxygen atoms in total. The highest BCUT2D eigenvalue weighted by atomic mass is 15.2. The number of aromatic nitrogens is 3. The molecule has 0 atom stereocenters. The Balaban J connectivity index is 1.85. The van der Waals surface area contributed by atoms with Crippen LogP contribution in [0.1, 0.15) is 0 Å². The lowest BCUT2D eigenvalue weighted by Crippen LogP contribution is -1.83. The molecule has 1 heterocycles. The summed E-state index contributed by atoms with van der Waals surface area (Å²) in [6, 6.07) is 24.5. The van der Waals surface area contributed by atoms with Gasteiger partial charge in [-0.05, 0) is 10.8 Å². The molecule has 0 radical (unpaired) electrons. The molecule has 0 bridgehead atoms. The van der Waals surface area contributed by atoms with Gasteiger partial charge in [-0.2, -0.15) is 5.10 Å². The molecule has 0 fully saturated rings. The molecule has 0 amide bonds. The highest BCUT2D eigenvalue weighted by molar-refractivity contribution is 5.95. The molecule has 0 unspecified atom stereocenters. The van der Waals surface area contributed by atoms with Crippen molar-refractivity contribution in [1.29, 1.82) is 0 Å². The number of nitrogens with zero attached hydrogens (tertiary/aromatic N) is 2. The Kier molecular flexibility index (Phi) is 2.75. The zero-order valence-corrected chi connectivity index (χ0v) is 11.3. The Morgan fingerprint density at radius 2 is 1.48 bits per heavy atom. The first-order valence-electron chi connectivity index (χ1n) is 6.88. The summed E-state index contributed by atoms with van der Waals surface area (Å²) < 4.78 is 0. The lowest BCUT2D eigenvalue weighted by Gasteiger charge is -2.02. The molecule has 1 aromatic heterocycles. The second kappa shape index (κ2) is 4.87. The minimum absolute atomic E-state index is 0.721. The molecule has 3 heteroatoms. The number of benzene rings is 3. The maximum Gasteiger partial charge on any atom is 0.181 e. The topological polar surface area (TPSA) is 41.6 Å². The van der Waals surface area contributed by atoms with Gasteiger partial charge in [0, 0.05) is 11.1 Å². The summed E-state index contributed by atoms with van der Waals surface area (Å²) in [5.41, 5.74) is 2.09. The Bertz CT molecular complexity index is 889. The van der Waals surface area contributed by atoms with Gasteiger partial charge in [-0.3, -0.25) is 5.10 Å². The molecule has 100 valence electrons. The van der Waals surface area contributed by atoms with E-state index in [2.05, 4.69) is 39.4 Å². The van der Waals surface area contributed by atoms with Crippen molar-refractivity contribution in [2.45, 2.75) is 0 Å². The maximum atomic E-state index is 4.63. The number of aromatic amines is 1. The summed E-state index contributed by atoms with van der Waals surface area (Å²) in [7, 11) is 0. The van der Waals surface area contributed by atoms with E-state index in [4.69, 9.17) is 0 Å². The van der Waals surface area contributed by atoms with E-state index < -0.39 is 0 Å². The van der Waals surface area contributed by atoms with Gasteiger partial charge in [0.05, 0.1) is 0 Å². The minimum atomic E-state index is 0.721. The standard InChI is InChI=1S/C18H13N3/c1-2-8-14(9-3-1)17-19-18(21-20-17)16-12-6-10-13-7-4-5-11-15(13)16/h1-12H,(H,19,20,21). The summed E-state index contributed by atoms with van der Waals surface area (Å²) in [6.07, 6.45) is 0. The van der Waals surface area contributed by atoms with Crippen molar-refractivity contribution in [3.05, 3.63) is 72.8 Å². The van der Waals surface area contributed by atoms with Crippen LogP contribution in [-0.2, 0) is 0 Å². The van der Waals surface area contributed by atoms with Gasteiger partial charge in [-0.15, -0.1) is 0 Å². The van der Waals surface area contributed by atoms with E-state index in [1.807, 2.05) is 48.5 Å².